The molecule has 0 bridgehead atoms. The molecule has 4 atom stereocenters. The second kappa shape index (κ2) is 4.77. The third-order valence-corrected chi connectivity index (χ3v) is 6.39. The first-order valence-corrected chi connectivity index (χ1v) is 8.66. The summed E-state index contributed by atoms with van der Waals surface area (Å²) in [5, 5.41) is 21.3. The molecule has 2 saturated carbocycles. The monoisotopic (exact) mass is 329 g/mol. The van der Waals surface area contributed by atoms with Gasteiger partial charge in [-0.25, -0.2) is 5.01 Å². The first-order chi connectivity index (χ1) is 10.9. The molecular formula is C18H23N3OS. The number of nitrogens with zero attached hydrogens (tertiary/aromatic N) is 2. The Morgan fingerprint density at radius 2 is 2.09 bits per heavy atom. The fourth-order valence-corrected chi connectivity index (χ4v) is 5.04. The predicted octanol–water partition coefficient (Wildman–Crippen LogP) is 2.73. The highest BCUT2D eigenvalue weighted by atomic mass is 32.1. The Morgan fingerprint density at radius 1 is 1.39 bits per heavy atom. The Morgan fingerprint density at radius 3 is 2.78 bits per heavy atom. The molecule has 0 radical (unpaired) electrons. The number of benzene rings is 1. The van der Waals surface area contributed by atoms with Gasteiger partial charge < -0.3 is 10.4 Å². The van der Waals surface area contributed by atoms with Crippen LogP contribution in [0.1, 0.15) is 32.8 Å². The minimum Gasteiger partial charge on any atom is -0.368 e. The number of hydrogen-bond acceptors (Lipinski definition) is 3. The Bertz CT molecular complexity index is 687. The van der Waals surface area contributed by atoms with Crippen LogP contribution in [0.2, 0.25) is 0 Å². The molecule has 0 saturated heterocycles. The van der Waals surface area contributed by atoms with E-state index in [9.17, 15) is 5.11 Å². The summed E-state index contributed by atoms with van der Waals surface area (Å²) in [6, 6.07) is 10.1. The lowest BCUT2D eigenvalue weighted by molar-refractivity contribution is -0.0860. The largest absolute Gasteiger partial charge is 0.368 e. The quantitative estimate of drug-likeness (QED) is 0.819. The zero-order valence-corrected chi connectivity index (χ0v) is 14.6. The molecule has 2 fully saturated rings. The van der Waals surface area contributed by atoms with Crippen molar-refractivity contribution in [2.75, 3.05) is 0 Å². The molecule has 1 aromatic rings. The molecule has 2 N–H and O–H groups in total. The van der Waals surface area contributed by atoms with Crippen LogP contribution >= 0.6 is 12.2 Å². The third kappa shape index (κ3) is 2.06. The number of hydrazone groups is 1. The Labute approximate surface area is 142 Å². The van der Waals surface area contributed by atoms with Crippen molar-refractivity contribution in [1.82, 2.24) is 10.3 Å². The lowest BCUT2D eigenvalue weighted by Crippen LogP contribution is -2.53. The highest BCUT2D eigenvalue weighted by Gasteiger charge is 2.75. The molecule has 0 spiro atoms. The molecule has 5 heteroatoms. The van der Waals surface area contributed by atoms with Gasteiger partial charge in [-0.05, 0) is 42.0 Å². The third-order valence-electron chi connectivity index (χ3n) is 6.07. The molecule has 122 valence electrons. The van der Waals surface area contributed by atoms with Crippen molar-refractivity contribution < 1.29 is 5.11 Å². The molecule has 3 aliphatic rings. The van der Waals surface area contributed by atoms with Gasteiger partial charge in [0.15, 0.2) is 10.8 Å². The summed E-state index contributed by atoms with van der Waals surface area (Å²) < 4.78 is 0. The molecule has 2 aliphatic carbocycles. The SMILES string of the molecule is CC1=NN(C(=S)NCc2ccccc2)[C@@]2(O)C[C@@H]3[C@@H]([C@H]12)C3(C)C. The van der Waals surface area contributed by atoms with Crippen molar-refractivity contribution in [2.45, 2.75) is 39.5 Å². The van der Waals surface area contributed by atoms with Gasteiger partial charge in [0.05, 0.1) is 5.92 Å². The molecule has 4 rings (SSSR count). The second-order valence-electron chi connectivity index (χ2n) is 7.71. The van der Waals surface area contributed by atoms with Gasteiger partial charge in [0.1, 0.15) is 0 Å². The van der Waals surface area contributed by atoms with E-state index in [1.165, 1.54) is 0 Å². The minimum absolute atomic E-state index is 0.110. The van der Waals surface area contributed by atoms with Gasteiger partial charge in [-0.15, -0.1) is 0 Å². The summed E-state index contributed by atoms with van der Waals surface area (Å²) in [4.78, 5) is 0. The van der Waals surface area contributed by atoms with E-state index in [0.717, 1.165) is 17.7 Å². The molecule has 0 unspecified atom stereocenters. The lowest BCUT2D eigenvalue weighted by Gasteiger charge is -2.36. The van der Waals surface area contributed by atoms with E-state index in [0.29, 0.717) is 28.9 Å². The van der Waals surface area contributed by atoms with Crippen molar-refractivity contribution in [1.29, 1.82) is 0 Å². The first-order valence-electron chi connectivity index (χ1n) is 8.25. The maximum Gasteiger partial charge on any atom is 0.192 e. The van der Waals surface area contributed by atoms with Crippen molar-refractivity contribution >= 4 is 23.0 Å². The molecule has 0 amide bonds. The van der Waals surface area contributed by atoms with E-state index in [4.69, 9.17) is 12.2 Å². The zero-order valence-electron chi connectivity index (χ0n) is 13.8. The van der Waals surface area contributed by atoms with Gasteiger partial charge in [0, 0.05) is 18.7 Å². The summed E-state index contributed by atoms with van der Waals surface area (Å²) in [5.74, 6) is 1.21. The second-order valence-corrected chi connectivity index (χ2v) is 8.10. The van der Waals surface area contributed by atoms with Crippen LogP contribution in [0.25, 0.3) is 0 Å². The van der Waals surface area contributed by atoms with Crippen LogP contribution in [0, 0.1) is 23.2 Å². The first kappa shape index (κ1) is 15.1. The van der Waals surface area contributed by atoms with Crippen molar-refractivity contribution in [3.05, 3.63) is 35.9 Å². The Hall–Kier alpha value is -1.46. The molecule has 23 heavy (non-hydrogen) atoms. The van der Waals surface area contributed by atoms with Gasteiger partial charge in [0.25, 0.3) is 0 Å². The molecule has 1 aromatic carbocycles. The summed E-state index contributed by atoms with van der Waals surface area (Å²) in [6.45, 7) is 7.25. The number of hydrogen-bond donors (Lipinski definition) is 2. The topological polar surface area (TPSA) is 47.9 Å². The fraction of sp³-hybridized carbons (Fsp3) is 0.556. The maximum atomic E-state index is 11.2. The van der Waals surface area contributed by atoms with Crippen molar-refractivity contribution in [2.24, 2.45) is 28.3 Å². The number of fused-ring (bicyclic) bond motifs is 3. The van der Waals surface area contributed by atoms with Crippen molar-refractivity contribution in [3.63, 3.8) is 0 Å². The van der Waals surface area contributed by atoms with E-state index in [1.807, 2.05) is 25.1 Å². The van der Waals surface area contributed by atoms with Crippen LogP contribution in [-0.4, -0.2) is 26.7 Å². The summed E-state index contributed by atoms with van der Waals surface area (Å²) in [7, 11) is 0. The van der Waals surface area contributed by atoms with Crippen LogP contribution in [0.3, 0.4) is 0 Å². The number of thiocarbonyl (C=S) groups is 1. The van der Waals surface area contributed by atoms with Gasteiger partial charge in [-0.1, -0.05) is 44.2 Å². The molecule has 1 heterocycles. The maximum absolute atomic E-state index is 11.2. The highest BCUT2D eigenvalue weighted by molar-refractivity contribution is 7.80. The van der Waals surface area contributed by atoms with Gasteiger partial charge in [-0.3, -0.25) is 0 Å². The summed E-state index contributed by atoms with van der Waals surface area (Å²) in [6.07, 6.45) is 0.753. The fourth-order valence-electron chi connectivity index (χ4n) is 4.77. The van der Waals surface area contributed by atoms with E-state index < -0.39 is 5.72 Å². The number of nitrogens with one attached hydrogen (secondary N) is 1. The van der Waals surface area contributed by atoms with E-state index in [2.05, 4.69) is 36.4 Å². The van der Waals surface area contributed by atoms with Crippen LogP contribution in [-0.2, 0) is 6.54 Å². The number of rotatable bonds is 2. The average Bonchev–Trinajstić information content (AvgIpc) is 2.83. The van der Waals surface area contributed by atoms with Crippen LogP contribution in [0.5, 0.6) is 0 Å². The van der Waals surface area contributed by atoms with E-state index in [-0.39, 0.29) is 5.92 Å². The summed E-state index contributed by atoms with van der Waals surface area (Å²) in [5.41, 5.74) is 1.56. The van der Waals surface area contributed by atoms with Gasteiger partial charge in [-0.2, -0.15) is 5.10 Å². The van der Waals surface area contributed by atoms with Crippen LogP contribution < -0.4 is 5.32 Å². The van der Waals surface area contributed by atoms with Gasteiger partial charge in [0.2, 0.25) is 0 Å². The highest BCUT2D eigenvalue weighted by Crippen LogP contribution is 2.73. The lowest BCUT2D eigenvalue weighted by atomic mass is 9.84. The van der Waals surface area contributed by atoms with E-state index >= 15 is 0 Å². The molecule has 1 aliphatic heterocycles. The molecular weight excluding hydrogens is 306 g/mol. The smallest absolute Gasteiger partial charge is 0.192 e. The van der Waals surface area contributed by atoms with Crippen LogP contribution in [0.4, 0.5) is 0 Å². The summed E-state index contributed by atoms with van der Waals surface area (Å²) >= 11 is 5.52. The van der Waals surface area contributed by atoms with Crippen molar-refractivity contribution in [3.8, 4) is 0 Å². The minimum atomic E-state index is -0.935. The van der Waals surface area contributed by atoms with Crippen LogP contribution in [0.15, 0.2) is 35.4 Å². The van der Waals surface area contributed by atoms with Gasteiger partial charge >= 0.3 is 0 Å². The molecule has 4 nitrogen and oxygen atoms in total. The standard InChI is InChI=1S/C18H23N3OS/c1-11-14-15-13(17(15,2)3)9-18(14,22)21(20-11)16(23)19-10-12-7-5-4-6-8-12/h4-8,13-15,22H,9-10H2,1-3H3,(H,19,23)/t13-,14+,15+,18-/m1/s1. The normalized spacial score (nSPS) is 36.3. The average molecular weight is 329 g/mol. The molecule has 0 aromatic heterocycles. The Balaban J connectivity index is 1.49. The van der Waals surface area contributed by atoms with E-state index in [1.54, 1.807) is 5.01 Å². The predicted molar refractivity (Wildman–Crippen MR) is 94.6 cm³/mol. The number of aliphatic hydroxyl groups is 1. The zero-order chi connectivity index (χ0) is 16.4. The Kier molecular flexibility index (Phi) is 3.13.